The molecule has 0 saturated heterocycles. The summed E-state index contributed by atoms with van der Waals surface area (Å²) in [4.78, 5) is 12.0. The molecule has 4 rings (SSSR count). The number of hydrogen-bond donors (Lipinski definition) is 0. The van der Waals surface area contributed by atoms with Crippen molar-refractivity contribution in [3.63, 3.8) is 0 Å². The van der Waals surface area contributed by atoms with Gasteiger partial charge in [-0.3, -0.25) is 0 Å². The van der Waals surface area contributed by atoms with E-state index >= 15 is 0 Å². The number of halogens is 2. The van der Waals surface area contributed by atoms with E-state index in [1.54, 1.807) is 0 Å². The van der Waals surface area contributed by atoms with Crippen LogP contribution in [0.1, 0.15) is 38.5 Å². The molecular formula is C13H18Br2O2. The minimum absolute atomic E-state index is 0.0782. The van der Waals surface area contributed by atoms with Crippen LogP contribution in [-0.2, 0) is 9.53 Å². The van der Waals surface area contributed by atoms with Gasteiger partial charge in [-0.1, -0.05) is 31.9 Å². The minimum atomic E-state index is -0.669. The molecule has 0 spiro atoms. The van der Waals surface area contributed by atoms with Gasteiger partial charge < -0.3 is 4.74 Å². The molecule has 4 bridgehead atoms. The average molecular weight is 366 g/mol. The number of carbonyl (C=O) groups excluding carboxylic acids is 1. The lowest BCUT2D eigenvalue weighted by atomic mass is 9.49. The monoisotopic (exact) mass is 364 g/mol. The normalized spacial score (nSPS) is 43.8. The number of rotatable bonds is 2. The van der Waals surface area contributed by atoms with Crippen molar-refractivity contribution in [1.82, 2.24) is 0 Å². The lowest BCUT2D eigenvalue weighted by Gasteiger charge is -2.59. The summed E-state index contributed by atoms with van der Waals surface area (Å²) in [5.41, 5.74) is 0.0782. The van der Waals surface area contributed by atoms with Gasteiger partial charge in [0.05, 0.1) is 7.11 Å². The Hall–Kier alpha value is 0.430. The summed E-state index contributed by atoms with van der Waals surface area (Å²) in [7, 11) is 1.47. The number of alkyl halides is 2. The van der Waals surface area contributed by atoms with E-state index in [0.717, 1.165) is 17.8 Å². The molecule has 4 heteroatoms. The second kappa shape index (κ2) is 3.96. The highest BCUT2D eigenvalue weighted by Crippen LogP contribution is 2.67. The lowest BCUT2D eigenvalue weighted by Crippen LogP contribution is -2.56. The molecule has 0 aromatic rings. The van der Waals surface area contributed by atoms with Crippen molar-refractivity contribution < 1.29 is 9.53 Å². The Morgan fingerprint density at radius 3 is 1.88 bits per heavy atom. The van der Waals surface area contributed by atoms with Crippen LogP contribution < -0.4 is 0 Å². The highest BCUT2D eigenvalue weighted by Gasteiger charge is 2.62. The van der Waals surface area contributed by atoms with Gasteiger partial charge in [-0.15, -0.1) is 0 Å². The van der Waals surface area contributed by atoms with Gasteiger partial charge in [-0.25, -0.2) is 4.79 Å². The van der Waals surface area contributed by atoms with Gasteiger partial charge in [0.25, 0.3) is 0 Å². The summed E-state index contributed by atoms with van der Waals surface area (Å²) in [6.07, 6.45) is 7.67. The standard InChI is InChI=1S/C13H18Br2O2/c1-17-11(16)13(14,15)12-5-8-2-9(6-12)4-10(3-8)7-12/h8-10H,2-7H2,1H3. The zero-order valence-electron chi connectivity index (χ0n) is 10.0. The highest BCUT2D eigenvalue weighted by atomic mass is 79.9. The molecule has 0 atom stereocenters. The quantitative estimate of drug-likeness (QED) is 0.548. The number of ether oxygens (including phenoxy) is 1. The summed E-state index contributed by atoms with van der Waals surface area (Å²) in [5.74, 6) is 2.33. The first-order chi connectivity index (χ1) is 7.97. The molecule has 4 aliphatic rings. The van der Waals surface area contributed by atoms with Crippen molar-refractivity contribution in [2.75, 3.05) is 7.11 Å². The number of methoxy groups -OCH3 is 1. The first-order valence-electron chi connectivity index (χ1n) is 6.43. The van der Waals surface area contributed by atoms with Crippen molar-refractivity contribution >= 4 is 37.8 Å². The molecule has 0 heterocycles. The van der Waals surface area contributed by atoms with Gasteiger partial charge in [0.2, 0.25) is 0 Å². The van der Waals surface area contributed by atoms with Gasteiger partial charge in [0, 0.05) is 5.41 Å². The van der Waals surface area contributed by atoms with Gasteiger partial charge in [-0.2, -0.15) is 0 Å². The van der Waals surface area contributed by atoms with Crippen LogP contribution in [0.2, 0.25) is 0 Å². The van der Waals surface area contributed by atoms with E-state index in [1.165, 1.54) is 45.6 Å². The summed E-state index contributed by atoms with van der Waals surface area (Å²) >= 11 is 7.28. The third-order valence-corrected chi connectivity index (χ3v) is 7.48. The zero-order valence-corrected chi connectivity index (χ0v) is 13.2. The van der Waals surface area contributed by atoms with Crippen LogP contribution in [0.4, 0.5) is 0 Å². The van der Waals surface area contributed by atoms with Crippen molar-refractivity contribution in [2.24, 2.45) is 23.2 Å². The van der Waals surface area contributed by atoms with Gasteiger partial charge >= 0.3 is 5.97 Å². The Kier molecular flexibility index (Phi) is 2.90. The SMILES string of the molecule is COC(=O)C(Br)(Br)C12CC3CC(CC(C3)C1)C2. The van der Waals surface area contributed by atoms with Crippen molar-refractivity contribution in [3.05, 3.63) is 0 Å². The Morgan fingerprint density at radius 1 is 1.12 bits per heavy atom. The van der Waals surface area contributed by atoms with Crippen LogP contribution in [0.5, 0.6) is 0 Å². The molecule has 2 nitrogen and oxygen atoms in total. The maximum Gasteiger partial charge on any atom is 0.334 e. The van der Waals surface area contributed by atoms with Gasteiger partial charge in [0.15, 0.2) is 3.23 Å². The molecule has 0 N–H and O–H groups in total. The molecule has 0 aromatic heterocycles. The Labute approximate surface area is 119 Å². The highest BCUT2D eigenvalue weighted by molar-refractivity contribution is 9.26. The third-order valence-electron chi connectivity index (χ3n) is 5.15. The third kappa shape index (κ3) is 1.73. The fourth-order valence-corrected chi connectivity index (χ4v) is 6.13. The smallest absolute Gasteiger partial charge is 0.334 e. The molecule has 0 radical (unpaired) electrons. The number of hydrogen-bond acceptors (Lipinski definition) is 2. The van der Waals surface area contributed by atoms with Crippen molar-refractivity contribution in [2.45, 2.75) is 41.8 Å². The van der Waals surface area contributed by atoms with Crippen LogP contribution in [-0.4, -0.2) is 16.3 Å². The summed E-state index contributed by atoms with van der Waals surface area (Å²) < 4.78 is 4.30. The minimum Gasteiger partial charge on any atom is -0.467 e. The number of esters is 1. The van der Waals surface area contributed by atoms with Crippen molar-refractivity contribution in [3.8, 4) is 0 Å². The number of carbonyl (C=O) groups is 1. The van der Waals surface area contributed by atoms with E-state index < -0.39 is 3.23 Å². The molecule has 0 unspecified atom stereocenters. The van der Waals surface area contributed by atoms with E-state index in [1.807, 2.05) is 0 Å². The first-order valence-corrected chi connectivity index (χ1v) is 8.02. The molecule has 96 valence electrons. The van der Waals surface area contributed by atoms with E-state index in [9.17, 15) is 4.79 Å². The molecule has 17 heavy (non-hydrogen) atoms. The maximum atomic E-state index is 12.0. The molecule has 4 saturated carbocycles. The molecule has 4 aliphatic carbocycles. The predicted molar refractivity (Wildman–Crippen MR) is 73.2 cm³/mol. The second-order valence-electron chi connectivity index (χ2n) is 6.26. The van der Waals surface area contributed by atoms with Gasteiger partial charge in [0.1, 0.15) is 0 Å². The lowest BCUT2D eigenvalue weighted by molar-refractivity contribution is -0.148. The van der Waals surface area contributed by atoms with E-state index in [4.69, 9.17) is 4.74 Å². The van der Waals surface area contributed by atoms with E-state index in [-0.39, 0.29) is 11.4 Å². The molecule has 0 aliphatic heterocycles. The average Bonchev–Trinajstić information content (AvgIpc) is 2.25. The van der Waals surface area contributed by atoms with Crippen LogP contribution in [0.3, 0.4) is 0 Å². The molecule has 0 amide bonds. The Morgan fingerprint density at radius 2 is 1.53 bits per heavy atom. The maximum absolute atomic E-state index is 12.0. The summed E-state index contributed by atoms with van der Waals surface area (Å²) in [5, 5.41) is 0. The second-order valence-corrected chi connectivity index (χ2v) is 9.71. The predicted octanol–water partition coefficient (Wildman–Crippen LogP) is 3.86. The van der Waals surface area contributed by atoms with E-state index in [0.29, 0.717) is 0 Å². The van der Waals surface area contributed by atoms with Gasteiger partial charge in [-0.05, 0) is 56.3 Å². The summed E-state index contributed by atoms with van der Waals surface area (Å²) in [6.45, 7) is 0. The fraction of sp³-hybridized carbons (Fsp3) is 0.923. The van der Waals surface area contributed by atoms with Crippen LogP contribution in [0, 0.1) is 23.2 Å². The van der Waals surface area contributed by atoms with Crippen LogP contribution >= 0.6 is 31.9 Å². The van der Waals surface area contributed by atoms with Crippen LogP contribution in [0.25, 0.3) is 0 Å². The zero-order chi connectivity index (χ0) is 12.3. The molecule has 0 aromatic carbocycles. The van der Waals surface area contributed by atoms with E-state index in [2.05, 4.69) is 31.9 Å². The Bertz CT molecular complexity index is 316. The van der Waals surface area contributed by atoms with Crippen LogP contribution in [0.15, 0.2) is 0 Å². The molecule has 4 fully saturated rings. The first kappa shape index (κ1) is 12.5. The Balaban J connectivity index is 1.93. The summed E-state index contributed by atoms with van der Waals surface area (Å²) in [6, 6.07) is 0. The largest absolute Gasteiger partial charge is 0.467 e. The fourth-order valence-electron chi connectivity index (χ4n) is 4.84. The van der Waals surface area contributed by atoms with Crippen molar-refractivity contribution in [1.29, 1.82) is 0 Å². The molecular weight excluding hydrogens is 348 g/mol. The topological polar surface area (TPSA) is 26.3 Å².